The summed E-state index contributed by atoms with van der Waals surface area (Å²) < 4.78 is 5.85. The van der Waals surface area contributed by atoms with Crippen molar-refractivity contribution >= 4 is 17.4 Å². The minimum Gasteiger partial charge on any atom is -0.488 e. The number of benzene rings is 1. The van der Waals surface area contributed by atoms with E-state index in [0.29, 0.717) is 17.2 Å². The Morgan fingerprint density at radius 2 is 2.05 bits per heavy atom. The van der Waals surface area contributed by atoms with Crippen molar-refractivity contribution in [3.63, 3.8) is 0 Å². The van der Waals surface area contributed by atoms with Crippen LogP contribution in [0.1, 0.15) is 22.3 Å². The lowest BCUT2D eigenvalue weighted by molar-refractivity contribution is 0.302. The lowest BCUT2D eigenvalue weighted by atomic mass is 10.1. The van der Waals surface area contributed by atoms with Crippen molar-refractivity contribution in [3.8, 4) is 5.75 Å². The highest BCUT2D eigenvalue weighted by molar-refractivity contribution is 6.31. The van der Waals surface area contributed by atoms with Gasteiger partial charge in [-0.2, -0.15) is 0 Å². The fourth-order valence-corrected chi connectivity index (χ4v) is 2.23. The number of aromatic nitrogens is 1. The molecule has 0 atom stereocenters. The maximum absolute atomic E-state index is 8.73. The summed E-state index contributed by atoms with van der Waals surface area (Å²) in [5.41, 5.74) is 8.93. The van der Waals surface area contributed by atoms with Crippen molar-refractivity contribution in [1.29, 1.82) is 0 Å². The van der Waals surface area contributed by atoms with Crippen molar-refractivity contribution in [2.45, 2.75) is 20.5 Å². The molecule has 1 heterocycles. The maximum atomic E-state index is 8.73. The highest BCUT2D eigenvalue weighted by atomic mass is 35.5. The van der Waals surface area contributed by atoms with Crippen LogP contribution in [0.4, 0.5) is 0 Å². The topological polar surface area (TPSA) is 80.7 Å². The Labute approximate surface area is 128 Å². The average molecular weight is 306 g/mol. The number of pyridine rings is 1. The Bertz CT molecular complexity index is 663. The van der Waals surface area contributed by atoms with E-state index in [1.54, 1.807) is 12.4 Å². The van der Waals surface area contributed by atoms with E-state index in [1.807, 2.05) is 32.0 Å². The summed E-state index contributed by atoms with van der Waals surface area (Å²) in [6.07, 6.45) is 3.26. The van der Waals surface area contributed by atoms with Crippen molar-refractivity contribution in [2.75, 3.05) is 0 Å². The molecule has 21 heavy (non-hydrogen) atoms. The van der Waals surface area contributed by atoms with E-state index in [9.17, 15) is 0 Å². The monoisotopic (exact) mass is 305 g/mol. The molecule has 0 saturated heterocycles. The molecule has 6 heteroatoms. The molecule has 0 spiro atoms. The molecule has 2 aromatic rings. The van der Waals surface area contributed by atoms with Crippen LogP contribution < -0.4 is 10.5 Å². The Balaban J connectivity index is 2.23. The number of aryl methyl sites for hydroxylation is 2. The zero-order valence-electron chi connectivity index (χ0n) is 11.8. The minimum absolute atomic E-state index is 0.0740. The van der Waals surface area contributed by atoms with Gasteiger partial charge in [0.15, 0.2) is 5.84 Å². The molecular weight excluding hydrogens is 290 g/mol. The van der Waals surface area contributed by atoms with Gasteiger partial charge in [-0.1, -0.05) is 16.8 Å². The van der Waals surface area contributed by atoms with Crippen molar-refractivity contribution in [2.24, 2.45) is 10.9 Å². The van der Waals surface area contributed by atoms with Crippen LogP contribution in [-0.4, -0.2) is 16.0 Å². The SMILES string of the molecule is Cc1cc(C(N)=NO)cc(C)c1OCc1ccncc1Cl. The average Bonchev–Trinajstić information content (AvgIpc) is 2.47. The second-order valence-electron chi connectivity index (χ2n) is 4.68. The minimum atomic E-state index is 0.0740. The van der Waals surface area contributed by atoms with Gasteiger partial charge >= 0.3 is 0 Å². The van der Waals surface area contributed by atoms with Crippen LogP contribution in [0.5, 0.6) is 5.75 Å². The molecule has 3 N–H and O–H groups in total. The summed E-state index contributed by atoms with van der Waals surface area (Å²) in [5.74, 6) is 0.835. The number of amidine groups is 1. The highest BCUT2D eigenvalue weighted by Crippen LogP contribution is 2.26. The first-order valence-corrected chi connectivity index (χ1v) is 6.71. The predicted molar refractivity (Wildman–Crippen MR) is 82.0 cm³/mol. The summed E-state index contributed by atoms with van der Waals surface area (Å²) in [6, 6.07) is 5.44. The number of nitrogens with two attached hydrogens (primary N) is 1. The Hall–Kier alpha value is -2.27. The second kappa shape index (κ2) is 6.45. The summed E-state index contributed by atoms with van der Waals surface area (Å²) >= 11 is 6.05. The fraction of sp³-hybridized carbons (Fsp3) is 0.200. The normalized spacial score (nSPS) is 11.5. The van der Waals surface area contributed by atoms with Crippen LogP contribution in [0.15, 0.2) is 35.7 Å². The summed E-state index contributed by atoms with van der Waals surface area (Å²) in [5, 5.41) is 12.3. The van der Waals surface area contributed by atoms with E-state index >= 15 is 0 Å². The van der Waals surface area contributed by atoms with Crippen molar-refractivity contribution in [3.05, 3.63) is 57.9 Å². The molecule has 0 fully saturated rings. The van der Waals surface area contributed by atoms with Crippen LogP contribution in [0.3, 0.4) is 0 Å². The Morgan fingerprint density at radius 3 is 2.62 bits per heavy atom. The molecule has 0 radical (unpaired) electrons. The van der Waals surface area contributed by atoms with Gasteiger partial charge in [0, 0.05) is 23.5 Å². The highest BCUT2D eigenvalue weighted by Gasteiger charge is 2.10. The predicted octanol–water partition coefficient (Wildman–Crippen LogP) is 3.03. The molecular formula is C15H16ClN3O2. The van der Waals surface area contributed by atoms with Gasteiger partial charge in [0.25, 0.3) is 0 Å². The molecule has 0 aliphatic carbocycles. The number of halogens is 1. The van der Waals surface area contributed by atoms with Crippen LogP contribution in [0.25, 0.3) is 0 Å². The van der Waals surface area contributed by atoms with Gasteiger partial charge < -0.3 is 15.7 Å². The second-order valence-corrected chi connectivity index (χ2v) is 5.09. The van der Waals surface area contributed by atoms with Crippen LogP contribution in [0, 0.1) is 13.8 Å². The molecule has 2 rings (SSSR count). The number of rotatable bonds is 4. The summed E-state index contributed by atoms with van der Waals surface area (Å²) in [6.45, 7) is 4.17. The molecule has 0 aliphatic rings. The van der Waals surface area contributed by atoms with Gasteiger partial charge in [-0.25, -0.2) is 0 Å². The van der Waals surface area contributed by atoms with Crippen molar-refractivity contribution in [1.82, 2.24) is 4.98 Å². The van der Waals surface area contributed by atoms with Gasteiger partial charge in [0.1, 0.15) is 12.4 Å². The van der Waals surface area contributed by atoms with Crippen LogP contribution in [-0.2, 0) is 6.61 Å². The lowest BCUT2D eigenvalue weighted by Crippen LogP contribution is -2.14. The zero-order valence-corrected chi connectivity index (χ0v) is 12.6. The molecule has 0 amide bonds. The molecule has 1 aromatic heterocycles. The number of hydrogen-bond donors (Lipinski definition) is 2. The maximum Gasteiger partial charge on any atom is 0.170 e. The van der Waals surface area contributed by atoms with E-state index in [1.165, 1.54) is 0 Å². The van der Waals surface area contributed by atoms with E-state index in [2.05, 4.69) is 10.1 Å². The third-order valence-corrected chi connectivity index (χ3v) is 3.43. The molecule has 0 aliphatic heterocycles. The number of oxime groups is 1. The Kier molecular flexibility index (Phi) is 4.65. The Morgan fingerprint density at radius 1 is 1.38 bits per heavy atom. The standard InChI is InChI=1S/C15H16ClN3O2/c1-9-5-12(15(17)19-20)6-10(2)14(9)21-8-11-3-4-18-7-13(11)16/h3-7,20H,8H2,1-2H3,(H2,17,19). The molecule has 0 saturated carbocycles. The smallest absolute Gasteiger partial charge is 0.170 e. The first-order valence-electron chi connectivity index (χ1n) is 6.33. The van der Waals surface area contributed by atoms with Gasteiger partial charge in [-0.15, -0.1) is 0 Å². The molecule has 5 nitrogen and oxygen atoms in total. The number of nitrogens with zero attached hydrogens (tertiary/aromatic N) is 2. The quantitative estimate of drug-likeness (QED) is 0.394. The molecule has 0 bridgehead atoms. The van der Waals surface area contributed by atoms with E-state index < -0.39 is 0 Å². The number of hydrogen-bond acceptors (Lipinski definition) is 4. The van der Waals surface area contributed by atoms with Gasteiger partial charge in [0.05, 0.1) is 5.02 Å². The molecule has 110 valence electrons. The van der Waals surface area contributed by atoms with Gasteiger partial charge in [0.2, 0.25) is 0 Å². The lowest BCUT2D eigenvalue weighted by Gasteiger charge is -2.14. The van der Waals surface area contributed by atoms with Crippen LogP contribution in [0.2, 0.25) is 5.02 Å². The third kappa shape index (κ3) is 3.44. The largest absolute Gasteiger partial charge is 0.488 e. The van der Waals surface area contributed by atoms with Crippen molar-refractivity contribution < 1.29 is 9.94 Å². The summed E-state index contributed by atoms with van der Waals surface area (Å²) in [7, 11) is 0. The molecule has 1 aromatic carbocycles. The summed E-state index contributed by atoms with van der Waals surface area (Å²) in [4.78, 5) is 3.94. The number of ether oxygens (including phenoxy) is 1. The van der Waals surface area contributed by atoms with E-state index in [0.717, 1.165) is 22.4 Å². The van der Waals surface area contributed by atoms with Gasteiger partial charge in [-0.3, -0.25) is 4.98 Å². The molecule has 0 unspecified atom stereocenters. The van der Waals surface area contributed by atoms with E-state index in [4.69, 9.17) is 27.3 Å². The third-order valence-electron chi connectivity index (χ3n) is 3.09. The van der Waals surface area contributed by atoms with Crippen LogP contribution >= 0.6 is 11.6 Å². The fourth-order valence-electron chi connectivity index (χ4n) is 2.05. The van der Waals surface area contributed by atoms with Gasteiger partial charge in [-0.05, 0) is 43.2 Å². The zero-order chi connectivity index (χ0) is 15.4. The van der Waals surface area contributed by atoms with E-state index in [-0.39, 0.29) is 5.84 Å². The first-order chi connectivity index (χ1) is 10.0. The first kappa shape index (κ1) is 15.1.